The smallest absolute Gasteiger partial charge is 0.278 e. The summed E-state index contributed by atoms with van der Waals surface area (Å²) < 4.78 is 7.85. The van der Waals surface area contributed by atoms with Gasteiger partial charge in [0.05, 0.1) is 12.6 Å². The molecule has 33 heavy (non-hydrogen) atoms. The SMILES string of the molecule is COC[C@@H]1CC[C@H]2N(C(C)C)C(=O)c3c(O)c(=O)c(C(=O)NCc4ccccc4I)cn3N12. The van der Waals surface area contributed by atoms with Crippen molar-refractivity contribution < 1.29 is 19.4 Å². The Bertz CT molecular complexity index is 1150. The predicted octanol–water partition coefficient (Wildman–Crippen LogP) is 2.03. The van der Waals surface area contributed by atoms with E-state index in [2.05, 4.69) is 27.9 Å². The molecule has 9 nitrogen and oxygen atoms in total. The Morgan fingerprint density at radius 2 is 2.00 bits per heavy atom. The number of nitrogens with one attached hydrogen (secondary N) is 1. The van der Waals surface area contributed by atoms with E-state index >= 15 is 0 Å². The molecule has 2 N–H and O–H groups in total. The Balaban J connectivity index is 1.75. The summed E-state index contributed by atoms with van der Waals surface area (Å²) in [4.78, 5) is 40.9. The van der Waals surface area contributed by atoms with Gasteiger partial charge in [-0.2, -0.15) is 0 Å². The van der Waals surface area contributed by atoms with Gasteiger partial charge < -0.3 is 20.1 Å². The lowest BCUT2D eigenvalue weighted by Crippen LogP contribution is -2.63. The third-order valence-corrected chi connectivity index (χ3v) is 7.22. The number of carbonyl (C=O) groups excluding carboxylic acids is 2. The first-order valence-corrected chi connectivity index (χ1v) is 11.9. The Morgan fingerprint density at radius 3 is 2.67 bits per heavy atom. The highest BCUT2D eigenvalue weighted by atomic mass is 127. The molecule has 0 spiro atoms. The van der Waals surface area contributed by atoms with Crippen molar-refractivity contribution in [1.29, 1.82) is 0 Å². The van der Waals surface area contributed by atoms with E-state index in [1.165, 1.54) is 10.9 Å². The van der Waals surface area contributed by atoms with Crippen molar-refractivity contribution >= 4 is 34.4 Å². The van der Waals surface area contributed by atoms with Crippen LogP contribution in [0.5, 0.6) is 5.75 Å². The van der Waals surface area contributed by atoms with Gasteiger partial charge in [0.2, 0.25) is 5.43 Å². The number of ether oxygens (including phenoxy) is 1. The fourth-order valence-electron chi connectivity index (χ4n) is 4.67. The van der Waals surface area contributed by atoms with Crippen molar-refractivity contribution in [1.82, 2.24) is 14.9 Å². The van der Waals surface area contributed by atoms with Crippen LogP contribution in [0.2, 0.25) is 0 Å². The van der Waals surface area contributed by atoms with Gasteiger partial charge in [-0.25, -0.2) is 0 Å². The Morgan fingerprint density at radius 1 is 1.27 bits per heavy atom. The molecule has 0 bridgehead atoms. The third kappa shape index (κ3) is 4.10. The number of fused-ring (bicyclic) bond motifs is 3. The summed E-state index contributed by atoms with van der Waals surface area (Å²) in [5.74, 6) is -1.75. The van der Waals surface area contributed by atoms with Gasteiger partial charge in [-0.1, -0.05) is 18.2 Å². The number of benzene rings is 1. The van der Waals surface area contributed by atoms with Gasteiger partial charge in [-0.3, -0.25) is 24.1 Å². The van der Waals surface area contributed by atoms with Crippen LogP contribution >= 0.6 is 22.6 Å². The zero-order chi connectivity index (χ0) is 23.9. The van der Waals surface area contributed by atoms with Crippen LogP contribution in [0, 0.1) is 3.57 Å². The molecule has 176 valence electrons. The van der Waals surface area contributed by atoms with Gasteiger partial charge in [-0.15, -0.1) is 0 Å². The maximum absolute atomic E-state index is 13.3. The molecule has 1 aromatic carbocycles. The topological polar surface area (TPSA) is 104 Å². The predicted molar refractivity (Wildman–Crippen MR) is 131 cm³/mol. The molecule has 2 atom stereocenters. The molecular weight excluding hydrogens is 539 g/mol. The Hall–Kier alpha value is -2.60. The fourth-order valence-corrected chi connectivity index (χ4v) is 5.25. The summed E-state index contributed by atoms with van der Waals surface area (Å²) in [6.45, 7) is 4.45. The van der Waals surface area contributed by atoms with Crippen molar-refractivity contribution in [3.05, 3.63) is 61.1 Å². The number of aromatic nitrogens is 1. The lowest BCUT2D eigenvalue weighted by molar-refractivity contribution is 0.0491. The number of hydrogen-bond donors (Lipinski definition) is 2. The van der Waals surface area contributed by atoms with E-state index in [0.29, 0.717) is 6.61 Å². The summed E-state index contributed by atoms with van der Waals surface area (Å²) in [5.41, 5.74) is -0.285. The van der Waals surface area contributed by atoms with E-state index in [9.17, 15) is 19.5 Å². The quantitative estimate of drug-likeness (QED) is 0.519. The molecule has 2 aliphatic rings. The summed E-state index contributed by atoms with van der Waals surface area (Å²) in [6.07, 6.45) is 2.61. The van der Waals surface area contributed by atoms with Crippen LogP contribution in [0.25, 0.3) is 0 Å². The molecular formula is C23H27IN4O5. The first-order chi connectivity index (χ1) is 15.8. The van der Waals surface area contributed by atoms with E-state index in [4.69, 9.17) is 4.74 Å². The second-order valence-electron chi connectivity index (χ2n) is 8.54. The molecule has 1 saturated heterocycles. The Labute approximate surface area is 205 Å². The number of carbonyl (C=O) groups is 2. The first-order valence-electron chi connectivity index (χ1n) is 10.9. The molecule has 1 aromatic heterocycles. The second kappa shape index (κ2) is 9.34. The van der Waals surface area contributed by atoms with Gasteiger partial charge >= 0.3 is 0 Å². The lowest BCUT2D eigenvalue weighted by atomic mass is 10.1. The van der Waals surface area contributed by atoms with Crippen LogP contribution < -0.4 is 15.8 Å². The number of nitrogens with zero attached hydrogens (tertiary/aromatic N) is 3. The van der Waals surface area contributed by atoms with Crippen LogP contribution in [0.15, 0.2) is 35.3 Å². The molecule has 3 heterocycles. The highest BCUT2D eigenvalue weighted by Gasteiger charge is 2.47. The van der Waals surface area contributed by atoms with Crippen molar-refractivity contribution in [3.63, 3.8) is 0 Å². The van der Waals surface area contributed by atoms with E-state index in [-0.39, 0.29) is 36.1 Å². The lowest BCUT2D eigenvalue weighted by Gasteiger charge is -2.46. The van der Waals surface area contributed by atoms with Gasteiger partial charge in [0.15, 0.2) is 11.4 Å². The van der Waals surface area contributed by atoms with Crippen LogP contribution in [-0.2, 0) is 11.3 Å². The molecule has 4 rings (SSSR count). The van der Waals surface area contributed by atoms with Crippen molar-refractivity contribution in [2.75, 3.05) is 18.7 Å². The zero-order valence-electron chi connectivity index (χ0n) is 18.7. The normalized spacial score (nSPS) is 19.6. The summed E-state index contributed by atoms with van der Waals surface area (Å²) in [5, 5.41) is 15.5. The molecule has 0 saturated carbocycles. The number of hydrogen-bond acceptors (Lipinski definition) is 6. The number of rotatable bonds is 6. The van der Waals surface area contributed by atoms with E-state index in [1.54, 1.807) is 12.0 Å². The minimum Gasteiger partial charge on any atom is -0.502 e. The van der Waals surface area contributed by atoms with Crippen LogP contribution in [0.1, 0.15) is 53.1 Å². The maximum atomic E-state index is 13.3. The number of amides is 2. The van der Waals surface area contributed by atoms with E-state index in [0.717, 1.165) is 22.0 Å². The number of halogens is 1. The van der Waals surface area contributed by atoms with Crippen molar-refractivity contribution in [2.24, 2.45) is 0 Å². The average Bonchev–Trinajstić information content (AvgIpc) is 3.18. The van der Waals surface area contributed by atoms with Crippen molar-refractivity contribution in [2.45, 2.75) is 51.5 Å². The van der Waals surface area contributed by atoms with Crippen LogP contribution in [-0.4, -0.2) is 58.5 Å². The number of methoxy groups -OCH3 is 1. The molecule has 0 radical (unpaired) electrons. The summed E-state index contributed by atoms with van der Waals surface area (Å²) >= 11 is 2.18. The summed E-state index contributed by atoms with van der Waals surface area (Å²) in [6, 6.07) is 7.39. The number of aromatic hydroxyl groups is 1. The minimum absolute atomic E-state index is 0.0724. The van der Waals surface area contributed by atoms with Gasteiger partial charge in [0.1, 0.15) is 11.7 Å². The average molecular weight is 566 g/mol. The van der Waals surface area contributed by atoms with E-state index in [1.807, 2.05) is 43.1 Å². The van der Waals surface area contributed by atoms with E-state index < -0.39 is 23.0 Å². The standard InChI is InChI=1S/C23H27IN4O5/c1-13(2)27-18-9-8-15(12-33-3)28(18)26-11-16(20(29)21(30)19(26)23(27)32)22(31)25-10-14-6-4-5-7-17(14)24/h4-7,11,13,15,18,30H,8-10,12H2,1-3H3,(H,25,31)/t15-,18-/m0/s1. The van der Waals surface area contributed by atoms with Gasteiger partial charge in [-0.05, 0) is 60.9 Å². The van der Waals surface area contributed by atoms with Gasteiger partial charge in [0.25, 0.3) is 11.8 Å². The Kier molecular flexibility index (Phi) is 6.66. The first kappa shape index (κ1) is 23.6. The zero-order valence-corrected chi connectivity index (χ0v) is 20.9. The van der Waals surface area contributed by atoms with Crippen LogP contribution in [0.4, 0.5) is 0 Å². The third-order valence-electron chi connectivity index (χ3n) is 6.17. The second-order valence-corrected chi connectivity index (χ2v) is 9.70. The molecule has 2 aromatic rings. The number of pyridine rings is 1. The molecule has 2 amide bonds. The highest BCUT2D eigenvalue weighted by Crippen LogP contribution is 2.34. The van der Waals surface area contributed by atoms with Crippen LogP contribution in [0.3, 0.4) is 0 Å². The summed E-state index contributed by atoms with van der Waals surface area (Å²) in [7, 11) is 1.61. The molecule has 0 unspecified atom stereocenters. The molecule has 2 aliphatic heterocycles. The van der Waals surface area contributed by atoms with Crippen molar-refractivity contribution in [3.8, 4) is 5.75 Å². The largest absolute Gasteiger partial charge is 0.502 e. The molecule has 0 aliphatic carbocycles. The molecule has 10 heteroatoms. The fraction of sp³-hybridized carbons (Fsp3) is 0.435. The minimum atomic E-state index is -0.862. The molecule has 1 fully saturated rings. The monoisotopic (exact) mass is 566 g/mol. The van der Waals surface area contributed by atoms with Gasteiger partial charge in [0, 0.05) is 29.5 Å². The highest BCUT2D eigenvalue weighted by molar-refractivity contribution is 14.1. The maximum Gasteiger partial charge on any atom is 0.278 e.